The Labute approximate surface area is 152 Å². The van der Waals surface area contributed by atoms with Crippen LogP contribution in [0.3, 0.4) is 0 Å². The minimum Gasteiger partial charge on any atom is -0.444 e. The highest BCUT2D eigenvalue weighted by Crippen LogP contribution is 2.23. The number of piperidine rings is 1. The third-order valence-corrected chi connectivity index (χ3v) is 4.63. The third-order valence-electron chi connectivity index (χ3n) is 4.10. The summed E-state index contributed by atoms with van der Waals surface area (Å²) in [6.07, 6.45) is 2.57. The van der Waals surface area contributed by atoms with Crippen LogP contribution in [0.25, 0.3) is 0 Å². The van der Waals surface area contributed by atoms with Gasteiger partial charge < -0.3 is 9.64 Å². The molecule has 132 valence electrons. The summed E-state index contributed by atoms with van der Waals surface area (Å²) in [4.78, 5) is 26.0. The molecule has 1 amide bonds. The Balaban J connectivity index is 1.75. The molecule has 4 nitrogen and oxygen atoms in total. The predicted molar refractivity (Wildman–Crippen MR) is 98.0 cm³/mol. The number of hydrogen-bond donors (Lipinski definition) is 0. The molecule has 1 heterocycles. The average Bonchev–Trinajstić information content (AvgIpc) is 2.48. The van der Waals surface area contributed by atoms with Crippen LogP contribution in [-0.4, -0.2) is 35.5 Å². The molecule has 0 spiro atoms. The minimum atomic E-state index is -0.464. The first-order valence-corrected chi connectivity index (χ1v) is 9.26. The molecule has 0 atom stereocenters. The molecule has 1 fully saturated rings. The van der Waals surface area contributed by atoms with Crippen molar-refractivity contribution in [2.75, 3.05) is 13.1 Å². The molecule has 24 heavy (non-hydrogen) atoms. The number of carbonyl (C=O) groups is 2. The molecule has 1 aliphatic rings. The molecule has 1 aromatic carbocycles. The molecule has 0 aliphatic carbocycles. The van der Waals surface area contributed by atoms with Crippen LogP contribution in [0.4, 0.5) is 4.79 Å². The zero-order valence-corrected chi connectivity index (χ0v) is 16.3. The molecule has 1 saturated heterocycles. The molecule has 1 aliphatic heterocycles. The summed E-state index contributed by atoms with van der Waals surface area (Å²) < 4.78 is 6.42. The van der Waals surface area contributed by atoms with E-state index in [1.165, 1.54) is 0 Å². The van der Waals surface area contributed by atoms with Crippen molar-refractivity contribution in [3.05, 3.63) is 34.3 Å². The SMILES string of the molecule is CC(C)(C)OC(=O)N1CCC(CC(=O)Cc2ccc(Br)cc2)CC1. The summed E-state index contributed by atoms with van der Waals surface area (Å²) in [5, 5.41) is 0. The quantitative estimate of drug-likeness (QED) is 0.748. The topological polar surface area (TPSA) is 46.6 Å². The highest BCUT2D eigenvalue weighted by molar-refractivity contribution is 9.10. The second kappa shape index (κ2) is 8.15. The number of benzene rings is 1. The van der Waals surface area contributed by atoms with Gasteiger partial charge in [-0.3, -0.25) is 4.79 Å². The van der Waals surface area contributed by atoms with Gasteiger partial charge in [0.1, 0.15) is 11.4 Å². The molecule has 2 rings (SSSR count). The van der Waals surface area contributed by atoms with Crippen LogP contribution in [0.2, 0.25) is 0 Å². The molecule has 0 radical (unpaired) electrons. The van der Waals surface area contributed by atoms with E-state index >= 15 is 0 Å². The fraction of sp³-hybridized carbons (Fsp3) is 0.579. The lowest BCUT2D eigenvalue weighted by atomic mass is 9.90. The first kappa shape index (κ1) is 19.0. The Morgan fingerprint density at radius 2 is 1.75 bits per heavy atom. The Kier molecular flexibility index (Phi) is 6.44. The normalized spacial score (nSPS) is 16.1. The molecule has 5 heteroatoms. The first-order chi connectivity index (χ1) is 11.2. The van der Waals surface area contributed by atoms with Gasteiger partial charge in [0.05, 0.1) is 0 Å². The minimum absolute atomic E-state index is 0.248. The summed E-state index contributed by atoms with van der Waals surface area (Å²) in [6.45, 7) is 6.96. The number of ether oxygens (including phenoxy) is 1. The zero-order valence-electron chi connectivity index (χ0n) is 14.7. The van der Waals surface area contributed by atoms with E-state index in [1.807, 2.05) is 45.0 Å². The number of likely N-dealkylation sites (tertiary alicyclic amines) is 1. The van der Waals surface area contributed by atoms with E-state index in [2.05, 4.69) is 15.9 Å². The Hall–Kier alpha value is -1.36. The van der Waals surface area contributed by atoms with E-state index in [4.69, 9.17) is 4.74 Å². The van der Waals surface area contributed by atoms with Crippen LogP contribution in [-0.2, 0) is 16.0 Å². The molecule has 0 bridgehead atoms. The van der Waals surface area contributed by atoms with Gasteiger partial charge in [0.25, 0.3) is 0 Å². The maximum atomic E-state index is 12.3. The lowest BCUT2D eigenvalue weighted by Crippen LogP contribution is -2.42. The fourth-order valence-electron chi connectivity index (χ4n) is 2.87. The Bertz CT molecular complexity index is 569. The van der Waals surface area contributed by atoms with Crippen molar-refractivity contribution in [1.82, 2.24) is 4.90 Å². The van der Waals surface area contributed by atoms with Crippen LogP contribution in [0, 0.1) is 5.92 Å². The van der Waals surface area contributed by atoms with Crippen LogP contribution in [0.5, 0.6) is 0 Å². The van der Waals surface area contributed by atoms with E-state index in [9.17, 15) is 9.59 Å². The maximum absolute atomic E-state index is 12.3. The summed E-state index contributed by atoms with van der Waals surface area (Å²) in [7, 11) is 0. The predicted octanol–water partition coefficient (Wildman–Crippen LogP) is 4.60. The second-order valence-corrected chi connectivity index (χ2v) is 8.37. The highest BCUT2D eigenvalue weighted by atomic mass is 79.9. The van der Waals surface area contributed by atoms with Gasteiger partial charge in [0.2, 0.25) is 0 Å². The fourth-order valence-corrected chi connectivity index (χ4v) is 3.13. The average molecular weight is 396 g/mol. The van der Waals surface area contributed by atoms with Gasteiger partial charge in [0.15, 0.2) is 0 Å². The largest absolute Gasteiger partial charge is 0.444 e. The van der Waals surface area contributed by atoms with Gasteiger partial charge in [0, 0.05) is 30.4 Å². The van der Waals surface area contributed by atoms with Crippen molar-refractivity contribution in [3.8, 4) is 0 Å². The van der Waals surface area contributed by atoms with Gasteiger partial charge in [-0.25, -0.2) is 4.79 Å². The molecule has 0 aromatic heterocycles. The smallest absolute Gasteiger partial charge is 0.410 e. The van der Waals surface area contributed by atoms with Gasteiger partial charge in [-0.05, 0) is 57.2 Å². The van der Waals surface area contributed by atoms with Crippen LogP contribution >= 0.6 is 15.9 Å². The van der Waals surface area contributed by atoms with Crippen molar-refractivity contribution >= 4 is 27.8 Å². The summed E-state index contributed by atoms with van der Waals surface area (Å²) >= 11 is 3.40. The number of amides is 1. The van der Waals surface area contributed by atoms with Crippen molar-refractivity contribution in [2.24, 2.45) is 5.92 Å². The van der Waals surface area contributed by atoms with E-state index in [-0.39, 0.29) is 11.9 Å². The Morgan fingerprint density at radius 1 is 1.17 bits per heavy atom. The number of carbonyl (C=O) groups excluding carboxylic acids is 2. The summed E-state index contributed by atoms with van der Waals surface area (Å²) in [5.74, 6) is 0.639. The van der Waals surface area contributed by atoms with Gasteiger partial charge >= 0.3 is 6.09 Å². The summed E-state index contributed by atoms with van der Waals surface area (Å²) in [6, 6.07) is 7.88. The maximum Gasteiger partial charge on any atom is 0.410 e. The monoisotopic (exact) mass is 395 g/mol. The molecular weight excluding hydrogens is 370 g/mol. The van der Waals surface area contributed by atoms with E-state index in [0.717, 1.165) is 22.9 Å². The lowest BCUT2D eigenvalue weighted by Gasteiger charge is -2.33. The molecular formula is C19H26BrNO3. The van der Waals surface area contributed by atoms with Crippen molar-refractivity contribution in [3.63, 3.8) is 0 Å². The second-order valence-electron chi connectivity index (χ2n) is 7.46. The molecule has 0 N–H and O–H groups in total. The number of hydrogen-bond acceptors (Lipinski definition) is 3. The van der Waals surface area contributed by atoms with E-state index < -0.39 is 5.60 Å². The standard InChI is InChI=1S/C19H26BrNO3/c1-19(2,3)24-18(23)21-10-8-15(9-11-21)13-17(22)12-14-4-6-16(20)7-5-14/h4-7,15H,8-13H2,1-3H3. The van der Waals surface area contributed by atoms with E-state index in [1.54, 1.807) is 4.90 Å². The van der Waals surface area contributed by atoms with Gasteiger partial charge in [-0.15, -0.1) is 0 Å². The van der Waals surface area contributed by atoms with Crippen LogP contribution < -0.4 is 0 Å². The zero-order chi connectivity index (χ0) is 17.7. The number of ketones is 1. The number of halogens is 1. The molecule has 1 aromatic rings. The molecule has 0 saturated carbocycles. The van der Waals surface area contributed by atoms with E-state index in [0.29, 0.717) is 31.8 Å². The van der Waals surface area contributed by atoms with Crippen LogP contribution in [0.15, 0.2) is 28.7 Å². The number of rotatable bonds is 4. The Morgan fingerprint density at radius 3 is 2.29 bits per heavy atom. The van der Waals surface area contributed by atoms with Crippen molar-refractivity contribution in [2.45, 2.75) is 52.1 Å². The van der Waals surface area contributed by atoms with Gasteiger partial charge in [-0.2, -0.15) is 0 Å². The number of Topliss-reactive ketones (excluding diaryl/α,β-unsaturated/α-hetero) is 1. The highest BCUT2D eigenvalue weighted by Gasteiger charge is 2.27. The lowest BCUT2D eigenvalue weighted by molar-refractivity contribution is -0.119. The summed E-state index contributed by atoms with van der Waals surface area (Å²) in [5.41, 5.74) is 0.587. The first-order valence-electron chi connectivity index (χ1n) is 8.47. The van der Waals surface area contributed by atoms with Crippen molar-refractivity contribution in [1.29, 1.82) is 0 Å². The van der Waals surface area contributed by atoms with Crippen LogP contribution in [0.1, 0.15) is 45.6 Å². The number of nitrogens with zero attached hydrogens (tertiary/aromatic N) is 1. The van der Waals surface area contributed by atoms with Gasteiger partial charge in [-0.1, -0.05) is 28.1 Å². The van der Waals surface area contributed by atoms with Crippen molar-refractivity contribution < 1.29 is 14.3 Å². The third kappa shape index (κ3) is 6.27. The molecule has 0 unspecified atom stereocenters.